The lowest BCUT2D eigenvalue weighted by Crippen LogP contribution is -2.48. The van der Waals surface area contributed by atoms with Gasteiger partial charge < -0.3 is 20.6 Å². The molecule has 0 radical (unpaired) electrons. The molecule has 168 valence electrons. The molecule has 2 heterocycles. The highest BCUT2D eigenvalue weighted by Gasteiger charge is 2.31. The number of likely N-dealkylation sites (tertiary alicyclic amines) is 2. The van der Waals surface area contributed by atoms with Gasteiger partial charge in [0.05, 0.1) is 6.10 Å². The van der Waals surface area contributed by atoms with Crippen molar-refractivity contribution in [3.05, 3.63) is 35.4 Å². The number of aliphatic imine (C=N–C) groups is 1. The molecule has 3 aliphatic rings. The maximum Gasteiger partial charge on any atom is 0.191 e. The van der Waals surface area contributed by atoms with Crippen LogP contribution in [-0.2, 0) is 13.1 Å². The molecular weight excluding hydrogens is 489 g/mol. The van der Waals surface area contributed by atoms with E-state index in [9.17, 15) is 5.11 Å². The highest BCUT2D eigenvalue weighted by molar-refractivity contribution is 14.0. The van der Waals surface area contributed by atoms with Gasteiger partial charge >= 0.3 is 0 Å². The monoisotopic (exact) mass is 527 g/mol. The van der Waals surface area contributed by atoms with E-state index in [1.807, 2.05) is 7.05 Å². The maximum atomic E-state index is 9.64. The normalized spacial score (nSPS) is 22.5. The molecule has 3 fully saturated rings. The topological polar surface area (TPSA) is 63.1 Å². The van der Waals surface area contributed by atoms with Gasteiger partial charge in [-0.25, -0.2) is 0 Å². The number of nitrogens with zero attached hydrogens (tertiary/aromatic N) is 3. The van der Waals surface area contributed by atoms with Crippen molar-refractivity contribution in [3.63, 3.8) is 0 Å². The Kier molecular flexibility index (Phi) is 9.22. The van der Waals surface area contributed by atoms with Gasteiger partial charge in [0.15, 0.2) is 5.96 Å². The van der Waals surface area contributed by atoms with Crippen LogP contribution in [0, 0.1) is 0 Å². The molecule has 7 heteroatoms. The molecule has 2 aliphatic heterocycles. The average molecular weight is 527 g/mol. The molecule has 1 aromatic rings. The lowest BCUT2D eigenvalue weighted by atomic mass is 10.1. The van der Waals surface area contributed by atoms with Crippen molar-refractivity contribution in [3.8, 4) is 0 Å². The minimum atomic E-state index is -0.103. The van der Waals surface area contributed by atoms with Crippen LogP contribution in [0.1, 0.15) is 49.7 Å². The average Bonchev–Trinajstić information content (AvgIpc) is 3.60. The molecule has 2 saturated heterocycles. The van der Waals surface area contributed by atoms with E-state index in [0.29, 0.717) is 6.04 Å². The van der Waals surface area contributed by atoms with Crippen molar-refractivity contribution >= 4 is 29.9 Å². The zero-order chi connectivity index (χ0) is 20.1. The Bertz CT molecular complexity index is 663. The Balaban J connectivity index is 0.00000256. The van der Waals surface area contributed by atoms with Gasteiger partial charge in [-0.3, -0.25) is 9.89 Å². The summed E-state index contributed by atoms with van der Waals surface area (Å²) >= 11 is 0. The summed E-state index contributed by atoms with van der Waals surface area (Å²) in [6.45, 7) is 6.19. The Labute approximate surface area is 198 Å². The first kappa shape index (κ1) is 23.8. The van der Waals surface area contributed by atoms with Crippen LogP contribution in [0.4, 0.5) is 0 Å². The standard InChI is InChI=1S/C23H37N5O.HI/c1-24-23(26-20-8-14-28(15-9-20)21-6-7-21)25-16-18-2-4-19(5-3-18)17-27-12-10-22(29)11-13-27;/h2-5,20-22,29H,6-17H2,1H3,(H2,24,25,26);1H. The summed E-state index contributed by atoms with van der Waals surface area (Å²) in [5, 5.41) is 16.7. The molecular formula is C23H38IN5O. The molecule has 4 rings (SSSR count). The van der Waals surface area contributed by atoms with E-state index < -0.39 is 0 Å². The van der Waals surface area contributed by atoms with E-state index in [2.05, 4.69) is 49.7 Å². The van der Waals surface area contributed by atoms with Crippen molar-refractivity contribution < 1.29 is 5.11 Å². The lowest BCUT2D eigenvalue weighted by molar-refractivity contribution is 0.0792. The summed E-state index contributed by atoms with van der Waals surface area (Å²) in [7, 11) is 1.85. The summed E-state index contributed by atoms with van der Waals surface area (Å²) in [4.78, 5) is 9.50. The zero-order valence-electron chi connectivity index (χ0n) is 18.2. The number of aliphatic hydroxyl groups is 1. The fourth-order valence-electron chi connectivity index (χ4n) is 4.52. The molecule has 0 atom stereocenters. The number of halogens is 1. The third-order valence-electron chi connectivity index (χ3n) is 6.60. The summed E-state index contributed by atoms with van der Waals surface area (Å²) in [5.74, 6) is 0.908. The Morgan fingerprint density at radius 2 is 1.60 bits per heavy atom. The fraction of sp³-hybridized carbons (Fsp3) is 0.696. The zero-order valence-corrected chi connectivity index (χ0v) is 20.6. The second kappa shape index (κ2) is 11.6. The van der Waals surface area contributed by atoms with Gasteiger partial charge in [-0.15, -0.1) is 24.0 Å². The van der Waals surface area contributed by atoms with E-state index in [4.69, 9.17) is 0 Å². The molecule has 0 spiro atoms. The predicted octanol–water partition coefficient (Wildman–Crippen LogP) is 2.55. The molecule has 0 bridgehead atoms. The van der Waals surface area contributed by atoms with Gasteiger partial charge in [0, 0.05) is 58.4 Å². The largest absolute Gasteiger partial charge is 0.393 e. The van der Waals surface area contributed by atoms with Gasteiger partial charge in [-0.05, 0) is 49.7 Å². The molecule has 3 N–H and O–H groups in total. The maximum absolute atomic E-state index is 9.64. The van der Waals surface area contributed by atoms with E-state index >= 15 is 0 Å². The predicted molar refractivity (Wildman–Crippen MR) is 133 cm³/mol. The minimum Gasteiger partial charge on any atom is -0.393 e. The highest BCUT2D eigenvalue weighted by Crippen LogP contribution is 2.29. The molecule has 1 aliphatic carbocycles. The number of hydrogen-bond donors (Lipinski definition) is 3. The quantitative estimate of drug-likeness (QED) is 0.302. The number of aliphatic hydroxyl groups excluding tert-OH is 1. The third-order valence-corrected chi connectivity index (χ3v) is 6.60. The SMILES string of the molecule is CN=C(NCc1ccc(CN2CCC(O)CC2)cc1)NC1CCN(C2CC2)CC1.I. The van der Waals surface area contributed by atoms with Crippen LogP contribution in [0.25, 0.3) is 0 Å². The molecule has 0 aromatic heterocycles. The second-order valence-electron chi connectivity index (χ2n) is 8.94. The highest BCUT2D eigenvalue weighted by atomic mass is 127. The number of nitrogens with one attached hydrogen (secondary N) is 2. The number of piperidine rings is 2. The molecule has 0 amide bonds. The second-order valence-corrected chi connectivity index (χ2v) is 8.94. The van der Waals surface area contributed by atoms with Crippen molar-refractivity contribution in [2.75, 3.05) is 33.2 Å². The lowest BCUT2D eigenvalue weighted by Gasteiger charge is -2.33. The Morgan fingerprint density at radius 1 is 0.967 bits per heavy atom. The van der Waals surface area contributed by atoms with Gasteiger partial charge in [-0.1, -0.05) is 24.3 Å². The summed E-state index contributed by atoms with van der Waals surface area (Å²) < 4.78 is 0. The molecule has 30 heavy (non-hydrogen) atoms. The van der Waals surface area contributed by atoms with E-state index in [-0.39, 0.29) is 30.1 Å². The summed E-state index contributed by atoms with van der Waals surface area (Å²) in [6, 6.07) is 10.3. The number of guanidine groups is 1. The van der Waals surface area contributed by atoms with Crippen molar-refractivity contribution in [1.82, 2.24) is 20.4 Å². The smallest absolute Gasteiger partial charge is 0.191 e. The van der Waals surface area contributed by atoms with E-state index in [1.165, 1.54) is 49.9 Å². The van der Waals surface area contributed by atoms with Gasteiger partial charge in [0.25, 0.3) is 0 Å². The van der Waals surface area contributed by atoms with Crippen molar-refractivity contribution in [2.24, 2.45) is 4.99 Å². The van der Waals surface area contributed by atoms with Crippen LogP contribution < -0.4 is 10.6 Å². The molecule has 6 nitrogen and oxygen atoms in total. The van der Waals surface area contributed by atoms with Crippen LogP contribution in [0.15, 0.2) is 29.3 Å². The van der Waals surface area contributed by atoms with Gasteiger partial charge in [0.2, 0.25) is 0 Å². The summed E-state index contributed by atoms with van der Waals surface area (Å²) in [6.07, 6.45) is 6.91. The third kappa shape index (κ3) is 7.07. The van der Waals surface area contributed by atoms with Crippen LogP contribution in [0.5, 0.6) is 0 Å². The molecule has 0 unspecified atom stereocenters. The van der Waals surface area contributed by atoms with Crippen LogP contribution in [-0.4, -0.2) is 72.3 Å². The minimum absolute atomic E-state index is 0. The summed E-state index contributed by atoms with van der Waals surface area (Å²) in [5.41, 5.74) is 2.62. The Hall–Kier alpha value is -0.900. The Morgan fingerprint density at radius 3 is 2.20 bits per heavy atom. The first-order valence-electron chi connectivity index (χ1n) is 11.4. The fourth-order valence-corrected chi connectivity index (χ4v) is 4.52. The molecule has 1 saturated carbocycles. The van der Waals surface area contributed by atoms with E-state index in [1.54, 1.807) is 0 Å². The van der Waals surface area contributed by atoms with Crippen LogP contribution in [0.3, 0.4) is 0 Å². The number of benzene rings is 1. The van der Waals surface area contributed by atoms with E-state index in [0.717, 1.165) is 51.0 Å². The number of rotatable bonds is 6. The van der Waals surface area contributed by atoms with Crippen LogP contribution in [0.2, 0.25) is 0 Å². The van der Waals surface area contributed by atoms with Crippen molar-refractivity contribution in [1.29, 1.82) is 0 Å². The number of hydrogen-bond acceptors (Lipinski definition) is 4. The van der Waals surface area contributed by atoms with Crippen molar-refractivity contribution in [2.45, 2.75) is 69.8 Å². The van der Waals surface area contributed by atoms with Gasteiger partial charge in [-0.2, -0.15) is 0 Å². The molecule has 1 aromatic carbocycles. The first-order chi connectivity index (χ1) is 14.2. The first-order valence-corrected chi connectivity index (χ1v) is 11.4. The van der Waals surface area contributed by atoms with Gasteiger partial charge in [0.1, 0.15) is 0 Å². The van der Waals surface area contributed by atoms with Crippen LogP contribution >= 0.6 is 24.0 Å².